The smallest absolute Gasteiger partial charge is 0.357 e. The summed E-state index contributed by atoms with van der Waals surface area (Å²) in [6, 6.07) is 5.15. The lowest BCUT2D eigenvalue weighted by atomic mass is 10.1. The molecule has 1 aromatic heterocycles. The number of nitrogens with zero attached hydrogens (tertiary/aromatic N) is 2. The average Bonchev–Trinajstić information content (AvgIpc) is 2.53. The number of ether oxygens (including phenoxy) is 1. The molecule has 0 amide bonds. The molecular weight excluding hydrogens is 435 g/mol. The van der Waals surface area contributed by atoms with Gasteiger partial charge in [-0.2, -0.15) is 0 Å². The van der Waals surface area contributed by atoms with Crippen LogP contribution in [0.3, 0.4) is 0 Å². The van der Waals surface area contributed by atoms with E-state index in [2.05, 4.69) is 25.9 Å². The van der Waals surface area contributed by atoms with E-state index in [0.29, 0.717) is 37.4 Å². The van der Waals surface area contributed by atoms with Crippen LogP contribution < -0.4 is 0 Å². The average molecular weight is 450 g/mol. The zero-order valence-electron chi connectivity index (χ0n) is 13.3. The monoisotopic (exact) mass is 448 g/mol. The maximum absolute atomic E-state index is 12.4. The number of thioether (sulfide) groups is 1. The van der Waals surface area contributed by atoms with Gasteiger partial charge in [0.25, 0.3) is 0 Å². The molecule has 0 atom stereocenters. The molecule has 2 aromatic rings. The molecule has 0 unspecified atom stereocenters. The number of hydrogen-bond acceptors (Lipinski definition) is 5. The van der Waals surface area contributed by atoms with Crippen LogP contribution in [0.5, 0.6) is 0 Å². The Hall–Kier alpha value is -0.820. The van der Waals surface area contributed by atoms with Crippen LogP contribution in [-0.2, 0) is 10.1 Å². The molecule has 0 N–H and O–H groups in total. The van der Waals surface area contributed by atoms with E-state index in [-0.39, 0.29) is 11.8 Å². The number of carbonyl (C=O) groups is 1. The molecule has 0 aliphatic carbocycles. The quantitative estimate of drug-likeness (QED) is 0.256. The molecule has 128 valence electrons. The summed E-state index contributed by atoms with van der Waals surface area (Å²) in [5.41, 5.74) is 2.14. The first-order chi connectivity index (χ1) is 11.4. The second kappa shape index (κ2) is 8.52. The van der Waals surface area contributed by atoms with Crippen LogP contribution in [-0.4, -0.2) is 28.3 Å². The van der Waals surface area contributed by atoms with Gasteiger partial charge < -0.3 is 4.74 Å². The second-order valence-corrected chi connectivity index (χ2v) is 7.28. The Bertz CT molecular complexity index is 772. The Morgan fingerprint density at radius 3 is 2.58 bits per heavy atom. The Morgan fingerprint density at radius 1 is 1.33 bits per heavy atom. The van der Waals surface area contributed by atoms with Crippen molar-refractivity contribution >= 4 is 56.9 Å². The highest BCUT2D eigenvalue weighted by molar-refractivity contribution is 9.08. The Morgan fingerprint density at radius 2 is 2.04 bits per heavy atom. The van der Waals surface area contributed by atoms with Crippen LogP contribution in [0.4, 0.5) is 0 Å². The molecule has 0 saturated heterocycles. The number of carbonyl (C=O) groups excluding carboxylic acids is 1. The van der Waals surface area contributed by atoms with E-state index in [1.54, 1.807) is 32.0 Å². The lowest BCUT2D eigenvalue weighted by molar-refractivity contribution is 0.0368. The molecule has 1 aromatic carbocycles. The first-order valence-electron chi connectivity index (χ1n) is 7.04. The standard InChI is InChI=1S/C16H15BrCl2N2O2S/c1-8(2)23-15(22)14-11(7-17)13(20-16(21-14)24-3)10-5-4-9(18)6-12(10)19/h4-6,8H,7H2,1-3H3. The number of hydrogen-bond donors (Lipinski definition) is 0. The zero-order chi connectivity index (χ0) is 17.9. The van der Waals surface area contributed by atoms with Gasteiger partial charge in [-0.3, -0.25) is 0 Å². The maximum Gasteiger partial charge on any atom is 0.357 e. The van der Waals surface area contributed by atoms with E-state index in [9.17, 15) is 4.79 Å². The van der Waals surface area contributed by atoms with E-state index < -0.39 is 5.97 Å². The van der Waals surface area contributed by atoms with Gasteiger partial charge in [0.05, 0.1) is 16.8 Å². The van der Waals surface area contributed by atoms with Crippen LogP contribution >= 0.6 is 50.9 Å². The maximum atomic E-state index is 12.4. The summed E-state index contributed by atoms with van der Waals surface area (Å²) in [5.74, 6) is -0.483. The topological polar surface area (TPSA) is 52.1 Å². The first-order valence-corrected chi connectivity index (χ1v) is 10.1. The molecular formula is C16H15BrCl2N2O2S. The summed E-state index contributed by atoms with van der Waals surface area (Å²) in [4.78, 5) is 21.3. The van der Waals surface area contributed by atoms with Gasteiger partial charge in [0, 0.05) is 21.5 Å². The fourth-order valence-corrected chi connectivity index (χ4v) is 3.42. The van der Waals surface area contributed by atoms with Crippen LogP contribution in [0.15, 0.2) is 23.4 Å². The molecule has 0 radical (unpaired) electrons. The highest BCUT2D eigenvalue weighted by Crippen LogP contribution is 2.34. The molecule has 0 bridgehead atoms. The molecule has 4 nitrogen and oxygen atoms in total. The fourth-order valence-electron chi connectivity index (χ4n) is 2.02. The Kier molecular flexibility index (Phi) is 6.92. The second-order valence-electron chi connectivity index (χ2n) is 5.10. The highest BCUT2D eigenvalue weighted by atomic mass is 79.9. The normalized spacial score (nSPS) is 11.0. The summed E-state index contributed by atoms with van der Waals surface area (Å²) in [5, 5.41) is 1.84. The molecule has 2 rings (SSSR count). The predicted octanol–water partition coefficient (Wildman–Crippen LogP) is 5.63. The van der Waals surface area contributed by atoms with E-state index >= 15 is 0 Å². The Balaban J connectivity index is 2.68. The van der Waals surface area contributed by atoms with Crippen molar-refractivity contribution in [3.05, 3.63) is 39.5 Å². The lowest BCUT2D eigenvalue weighted by Crippen LogP contribution is -2.17. The molecule has 0 saturated carbocycles. The van der Waals surface area contributed by atoms with Gasteiger partial charge in [-0.25, -0.2) is 14.8 Å². The largest absolute Gasteiger partial charge is 0.458 e. The highest BCUT2D eigenvalue weighted by Gasteiger charge is 2.23. The van der Waals surface area contributed by atoms with Gasteiger partial charge in [0.1, 0.15) is 0 Å². The minimum Gasteiger partial charge on any atom is -0.458 e. The Labute approximate surface area is 163 Å². The van der Waals surface area contributed by atoms with Gasteiger partial charge in [-0.05, 0) is 38.3 Å². The first kappa shape index (κ1) is 19.5. The molecule has 1 heterocycles. The summed E-state index contributed by atoms with van der Waals surface area (Å²) in [7, 11) is 0. The van der Waals surface area contributed by atoms with Crippen molar-refractivity contribution in [2.75, 3.05) is 6.26 Å². The van der Waals surface area contributed by atoms with E-state index in [0.717, 1.165) is 0 Å². The third-order valence-electron chi connectivity index (χ3n) is 3.03. The van der Waals surface area contributed by atoms with Crippen LogP contribution in [0, 0.1) is 0 Å². The van der Waals surface area contributed by atoms with Crippen LogP contribution in [0.2, 0.25) is 10.0 Å². The van der Waals surface area contributed by atoms with Crippen molar-refractivity contribution in [3.8, 4) is 11.3 Å². The van der Waals surface area contributed by atoms with Crippen LogP contribution in [0.25, 0.3) is 11.3 Å². The fraction of sp³-hybridized carbons (Fsp3) is 0.312. The minimum absolute atomic E-state index is 0.237. The van der Waals surface area contributed by atoms with Gasteiger partial charge in [0.2, 0.25) is 0 Å². The SMILES string of the molecule is CSc1nc(C(=O)OC(C)C)c(CBr)c(-c2ccc(Cl)cc2Cl)n1. The molecule has 8 heteroatoms. The van der Waals surface area contributed by atoms with Crippen LogP contribution in [0.1, 0.15) is 29.9 Å². The van der Waals surface area contributed by atoms with Crippen molar-refractivity contribution < 1.29 is 9.53 Å². The summed E-state index contributed by atoms with van der Waals surface area (Å²) in [6.45, 7) is 3.58. The van der Waals surface area contributed by atoms with E-state index in [1.165, 1.54) is 11.8 Å². The van der Waals surface area contributed by atoms with E-state index in [4.69, 9.17) is 27.9 Å². The van der Waals surface area contributed by atoms with Crippen molar-refractivity contribution in [1.29, 1.82) is 0 Å². The third-order valence-corrected chi connectivity index (χ3v) is 4.68. The lowest BCUT2D eigenvalue weighted by Gasteiger charge is -2.15. The third kappa shape index (κ3) is 4.42. The molecule has 24 heavy (non-hydrogen) atoms. The van der Waals surface area contributed by atoms with E-state index in [1.807, 2.05) is 6.26 Å². The van der Waals surface area contributed by atoms with Crippen molar-refractivity contribution in [3.63, 3.8) is 0 Å². The summed E-state index contributed by atoms with van der Waals surface area (Å²) >= 11 is 17.0. The molecule has 0 fully saturated rings. The summed E-state index contributed by atoms with van der Waals surface area (Å²) < 4.78 is 5.31. The number of alkyl halides is 1. The van der Waals surface area contributed by atoms with Crippen molar-refractivity contribution in [2.24, 2.45) is 0 Å². The number of aromatic nitrogens is 2. The van der Waals surface area contributed by atoms with Crippen molar-refractivity contribution in [2.45, 2.75) is 30.4 Å². The molecule has 0 aliphatic heterocycles. The van der Waals surface area contributed by atoms with Gasteiger partial charge in [-0.15, -0.1) is 0 Å². The molecule has 0 aliphatic rings. The van der Waals surface area contributed by atoms with Gasteiger partial charge in [-0.1, -0.05) is 50.9 Å². The minimum atomic E-state index is -0.483. The van der Waals surface area contributed by atoms with Gasteiger partial charge in [0.15, 0.2) is 10.9 Å². The zero-order valence-corrected chi connectivity index (χ0v) is 17.2. The number of halogens is 3. The van der Waals surface area contributed by atoms with Gasteiger partial charge >= 0.3 is 5.97 Å². The number of benzene rings is 1. The summed E-state index contributed by atoms with van der Waals surface area (Å²) in [6.07, 6.45) is 1.60. The number of rotatable bonds is 5. The molecule has 0 spiro atoms. The van der Waals surface area contributed by atoms with Crippen molar-refractivity contribution in [1.82, 2.24) is 9.97 Å². The number of esters is 1. The predicted molar refractivity (Wildman–Crippen MR) is 102 cm³/mol.